The Bertz CT molecular complexity index is 1740. The van der Waals surface area contributed by atoms with Crippen molar-refractivity contribution in [3.63, 3.8) is 0 Å². The van der Waals surface area contributed by atoms with Gasteiger partial charge in [0.25, 0.3) is 0 Å². The van der Waals surface area contributed by atoms with Gasteiger partial charge in [-0.05, 0) is 24.3 Å². The van der Waals surface area contributed by atoms with Crippen LogP contribution in [0.25, 0.3) is 0 Å². The molecule has 0 aliphatic heterocycles. The molecule has 0 fully saturated rings. The van der Waals surface area contributed by atoms with Gasteiger partial charge in [-0.1, -0.05) is 11.5 Å². The number of carboxylic acid groups (broad SMARTS) is 2. The van der Waals surface area contributed by atoms with Crippen LogP contribution in [0.2, 0.25) is 0 Å². The Labute approximate surface area is 359 Å². The van der Waals surface area contributed by atoms with E-state index in [1.807, 2.05) is 0 Å². The van der Waals surface area contributed by atoms with Gasteiger partial charge in [0.1, 0.15) is 25.8 Å². The summed E-state index contributed by atoms with van der Waals surface area (Å²) in [6, 6.07) is 2.14. The number of carbonyl (C=O) groups is 2. The number of benzene rings is 2. The standard InChI is InChI=1S/C21H22N6O15S2.4Na/c28-5-21(6-29,7-30)27-20-25-18(22-8-1-10(16(33)34)14(31)12(3-8)43(37,38)39)24-19(26-20)23-9-2-11(17(35)36)15(32)13(4-9)44(40,41)42;;;;/h1-4,28-32H,5-7H2,(H,33,34)(H,35,36)(H,37,38,39)(H,40,41,42)(H3,22,23,24,25,26,27);;;;/q;4*+1/p-4. The van der Waals surface area contributed by atoms with Gasteiger partial charge in [-0.15, -0.1) is 0 Å². The van der Waals surface area contributed by atoms with E-state index in [-0.39, 0.29) is 118 Å². The summed E-state index contributed by atoms with van der Waals surface area (Å²) in [5.74, 6) is -9.05. The second kappa shape index (κ2) is 19.6. The quantitative estimate of drug-likeness (QED) is 0.0594. The maximum Gasteiger partial charge on any atom is 1.00 e. The molecule has 0 atom stereocenters. The smallest absolute Gasteiger partial charge is 0.871 e. The first-order valence-electron chi connectivity index (χ1n) is 11.3. The molecule has 0 radical (unpaired) electrons. The summed E-state index contributed by atoms with van der Waals surface area (Å²) >= 11 is 0. The van der Waals surface area contributed by atoms with Crippen molar-refractivity contribution < 1.29 is 190 Å². The Morgan fingerprint density at radius 1 is 0.646 bits per heavy atom. The first kappa shape index (κ1) is 49.2. The third-order valence-corrected chi connectivity index (χ3v) is 7.23. The van der Waals surface area contributed by atoms with Crippen molar-refractivity contribution >= 4 is 61.4 Å². The molecule has 0 bridgehead atoms. The number of hydrogen-bond acceptors (Lipinski definition) is 19. The molecule has 0 amide bonds. The minimum atomic E-state index is -5.50. The molecule has 21 nitrogen and oxygen atoms in total. The van der Waals surface area contributed by atoms with Crippen LogP contribution in [0.15, 0.2) is 34.1 Å². The van der Waals surface area contributed by atoms with E-state index < -0.39 is 119 Å². The van der Waals surface area contributed by atoms with Crippen LogP contribution in [0.4, 0.5) is 29.2 Å². The van der Waals surface area contributed by atoms with E-state index in [1.54, 1.807) is 0 Å². The Hall–Kier alpha value is -0.910. The number of nitrogens with zero attached hydrogens (tertiary/aromatic N) is 3. The maximum absolute atomic E-state index is 12.2. The Kier molecular flexibility index (Phi) is 20.1. The molecular formula is C21H18N6Na4O15S2. The van der Waals surface area contributed by atoms with Crippen molar-refractivity contribution in [2.75, 3.05) is 35.8 Å². The Morgan fingerprint density at radius 2 is 0.958 bits per heavy atom. The first-order chi connectivity index (χ1) is 20.3. The van der Waals surface area contributed by atoms with Crippen LogP contribution in [-0.4, -0.2) is 104 Å². The number of carboxylic acids is 2. The normalized spacial score (nSPS) is 11.0. The van der Waals surface area contributed by atoms with E-state index in [9.17, 15) is 71.3 Å². The molecule has 0 aliphatic carbocycles. The van der Waals surface area contributed by atoms with E-state index in [0.29, 0.717) is 24.3 Å². The van der Waals surface area contributed by atoms with Crippen LogP contribution in [0.5, 0.6) is 11.5 Å². The number of nitrogens with one attached hydrogen (secondary N) is 3. The zero-order valence-corrected chi connectivity index (χ0v) is 35.0. The fourth-order valence-electron chi connectivity index (χ4n) is 3.35. The average molecular weight is 750 g/mol. The van der Waals surface area contributed by atoms with Gasteiger partial charge in [0.15, 0.2) is 0 Å². The maximum atomic E-state index is 12.2. The van der Waals surface area contributed by atoms with E-state index in [0.717, 1.165) is 0 Å². The zero-order valence-electron chi connectivity index (χ0n) is 25.4. The summed E-state index contributed by atoms with van der Waals surface area (Å²) in [7, 11) is -11.0. The number of aromatic nitrogens is 3. The van der Waals surface area contributed by atoms with Crippen LogP contribution in [0, 0.1) is 0 Å². The van der Waals surface area contributed by atoms with Crippen LogP contribution >= 0.6 is 0 Å². The van der Waals surface area contributed by atoms with Crippen LogP contribution < -0.4 is 144 Å². The molecule has 8 N–H and O–H groups in total. The van der Waals surface area contributed by atoms with Crippen molar-refractivity contribution in [3.8, 4) is 11.5 Å². The largest absolute Gasteiger partial charge is 1.00 e. The Morgan fingerprint density at radius 3 is 1.23 bits per heavy atom. The van der Waals surface area contributed by atoms with Crippen LogP contribution in [-0.2, 0) is 20.2 Å². The van der Waals surface area contributed by atoms with Crippen molar-refractivity contribution in [3.05, 3.63) is 35.4 Å². The number of rotatable bonds is 13. The van der Waals surface area contributed by atoms with Crippen molar-refractivity contribution in [2.24, 2.45) is 0 Å². The summed E-state index contributed by atoms with van der Waals surface area (Å²) < 4.78 is 69.4. The third kappa shape index (κ3) is 12.1. The molecule has 0 spiro atoms. The van der Waals surface area contributed by atoms with Crippen molar-refractivity contribution in [2.45, 2.75) is 15.3 Å². The summed E-state index contributed by atoms with van der Waals surface area (Å²) in [6.07, 6.45) is 0. The fourth-order valence-corrected chi connectivity index (χ4v) is 4.56. The molecule has 3 rings (SSSR count). The fraction of sp³-hybridized carbons (Fsp3) is 0.190. The topological polar surface area (TPSA) is 371 Å². The first-order valence-corrected chi connectivity index (χ1v) is 14.1. The van der Waals surface area contributed by atoms with Gasteiger partial charge in [0.2, 0.25) is 17.8 Å². The molecule has 238 valence electrons. The predicted molar refractivity (Wildman–Crippen MR) is 136 cm³/mol. The predicted octanol–water partition coefficient (Wildman–Crippen LogP) is -15.1. The molecule has 0 unspecified atom stereocenters. The zero-order chi connectivity index (χ0) is 33.2. The molecule has 27 heteroatoms. The molecule has 0 aliphatic rings. The van der Waals surface area contributed by atoms with Crippen LogP contribution in [0.3, 0.4) is 0 Å². The summed E-state index contributed by atoms with van der Waals surface area (Å²) in [4.78, 5) is 31.6. The third-order valence-electron chi connectivity index (χ3n) is 5.54. The molecule has 48 heavy (non-hydrogen) atoms. The van der Waals surface area contributed by atoms with Crippen molar-refractivity contribution in [1.29, 1.82) is 0 Å². The van der Waals surface area contributed by atoms with Gasteiger partial charge >= 0.3 is 130 Å². The van der Waals surface area contributed by atoms with Gasteiger partial charge in [-0.25, -0.2) is 26.4 Å². The van der Waals surface area contributed by atoms with Gasteiger partial charge < -0.3 is 60.8 Å². The van der Waals surface area contributed by atoms with E-state index in [2.05, 4.69) is 30.9 Å². The average Bonchev–Trinajstić information content (AvgIpc) is 2.92. The summed E-state index contributed by atoms with van der Waals surface area (Å²) in [5.41, 5.74) is -5.31. The Balaban J connectivity index is 0. The van der Waals surface area contributed by atoms with E-state index in [4.69, 9.17) is 0 Å². The molecule has 1 aromatic heterocycles. The summed E-state index contributed by atoms with van der Waals surface area (Å²) in [6.45, 7) is -2.77. The number of anilines is 5. The second-order valence-corrected chi connectivity index (χ2v) is 11.4. The van der Waals surface area contributed by atoms with E-state index >= 15 is 0 Å². The molecule has 0 saturated carbocycles. The number of aliphatic hydroxyl groups excluding tert-OH is 3. The second-order valence-electron chi connectivity index (χ2n) is 8.66. The molecular weight excluding hydrogens is 732 g/mol. The van der Waals surface area contributed by atoms with E-state index in [1.165, 1.54) is 0 Å². The van der Waals surface area contributed by atoms with Crippen molar-refractivity contribution in [1.82, 2.24) is 15.0 Å². The SMILES string of the molecule is O=C(O)c1cc(Nc2nc(Nc3cc(C(=O)O)c([O-])c(S(=O)(=O)[O-])c3)nc(NC(CO)(CO)CO)n2)cc(S(=O)(=O)[O-])c1[O-].[Na+].[Na+].[Na+].[Na+]. The van der Waals surface area contributed by atoms with Gasteiger partial charge in [-0.2, -0.15) is 15.0 Å². The van der Waals surface area contributed by atoms with Gasteiger partial charge in [0, 0.05) is 21.2 Å². The van der Waals surface area contributed by atoms with Gasteiger partial charge in [0.05, 0.1) is 30.9 Å². The molecule has 2 aromatic carbocycles. The minimum Gasteiger partial charge on any atom is -0.871 e. The number of aliphatic hydroxyl groups is 3. The molecule has 1 heterocycles. The number of hydrogen-bond donors (Lipinski definition) is 8. The molecule has 3 aromatic rings. The monoisotopic (exact) mass is 750 g/mol. The van der Waals surface area contributed by atoms with Gasteiger partial charge in [-0.3, -0.25) is 0 Å². The number of aromatic carboxylic acids is 2. The summed E-state index contributed by atoms with van der Waals surface area (Å²) in [5, 5.41) is 78.8. The molecule has 0 saturated heterocycles. The minimum absolute atomic E-state index is 0. The van der Waals surface area contributed by atoms with Crippen LogP contribution in [0.1, 0.15) is 20.7 Å².